The van der Waals surface area contributed by atoms with E-state index in [1.165, 1.54) is 18.1 Å². The molecule has 2 aliphatic carbocycles. The van der Waals surface area contributed by atoms with Crippen LogP contribution in [-0.2, 0) is 9.53 Å². The zero-order valence-electron chi connectivity index (χ0n) is 13.4. The molecule has 0 saturated heterocycles. The number of carbonyl (C=O) groups excluding carboxylic acids is 1. The van der Waals surface area contributed by atoms with E-state index in [1.807, 2.05) is 6.92 Å². The molecular weight excluding hydrogens is 252 g/mol. The first kappa shape index (κ1) is 15.6. The van der Waals surface area contributed by atoms with Crippen LogP contribution in [0.4, 0.5) is 0 Å². The second-order valence-corrected chi connectivity index (χ2v) is 7.16. The smallest absolute Gasteiger partial charge is 0.302 e. The molecule has 0 aliphatic heterocycles. The SMILES string of the molecule is CC(=O)O[C@H]1[C@H]2C(=C(C)CC[C@H]1C(C)C)CC[C@]2(C)O. The Morgan fingerprint density at radius 1 is 1.40 bits per heavy atom. The predicted octanol–water partition coefficient (Wildman–Crippen LogP) is 3.46. The summed E-state index contributed by atoms with van der Waals surface area (Å²) in [5, 5.41) is 10.8. The van der Waals surface area contributed by atoms with Gasteiger partial charge in [0.15, 0.2) is 0 Å². The largest absolute Gasteiger partial charge is 0.462 e. The van der Waals surface area contributed by atoms with Crippen LogP contribution < -0.4 is 0 Å². The van der Waals surface area contributed by atoms with E-state index in [2.05, 4.69) is 20.8 Å². The molecule has 1 saturated carbocycles. The summed E-state index contributed by atoms with van der Waals surface area (Å²) in [6.45, 7) is 9.92. The maximum atomic E-state index is 11.6. The molecule has 0 heterocycles. The number of ether oxygens (including phenoxy) is 1. The van der Waals surface area contributed by atoms with Crippen molar-refractivity contribution in [3.63, 3.8) is 0 Å². The van der Waals surface area contributed by atoms with Gasteiger partial charge in [-0.15, -0.1) is 0 Å². The van der Waals surface area contributed by atoms with Crippen molar-refractivity contribution in [1.82, 2.24) is 0 Å². The Kier molecular flexibility index (Phi) is 4.29. The Morgan fingerprint density at radius 2 is 2.05 bits per heavy atom. The van der Waals surface area contributed by atoms with Crippen molar-refractivity contribution in [3.05, 3.63) is 11.1 Å². The molecule has 0 spiro atoms. The maximum absolute atomic E-state index is 11.6. The molecule has 3 nitrogen and oxygen atoms in total. The molecule has 1 fully saturated rings. The number of aliphatic hydroxyl groups is 1. The molecule has 2 rings (SSSR count). The summed E-state index contributed by atoms with van der Waals surface area (Å²) < 4.78 is 5.71. The molecule has 3 heteroatoms. The lowest BCUT2D eigenvalue weighted by molar-refractivity contribution is -0.158. The fraction of sp³-hybridized carbons (Fsp3) is 0.824. The Balaban J connectivity index is 2.44. The first-order chi connectivity index (χ1) is 9.24. The number of hydrogen-bond donors (Lipinski definition) is 1. The standard InChI is InChI=1S/C17H28O3/c1-10(2)13-7-6-11(3)14-8-9-17(5,19)15(14)16(13)20-12(4)18/h10,13,15-16,19H,6-9H2,1-5H3/t13-,15+,16+,17-/m0/s1. The van der Waals surface area contributed by atoms with Gasteiger partial charge >= 0.3 is 5.97 Å². The molecule has 0 aromatic carbocycles. The van der Waals surface area contributed by atoms with Gasteiger partial charge in [0.05, 0.1) is 5.60 Å². The van der Waals surface area contributed by atoms with E-state index in [1.54, 1.807) is 0 Å². The first-order valence-corrected chi connectivity index (χ1v) is 7.82. The van der Waals surface area contributed by atoms with E-state index in [0.717, 1.165) is 25.7 Å². The highest BCUT2D eigenvalue weighted by Crippen LogP contribution is 2.50. The summed E-state index contributed by atoms with van der Waals surface area (Å²) in [6.07, 6.45) is 3.62. The van der Waals surface area contributed by atoms with Gasteiger partial charge in [0, 0.05) is 12.8 Å². The van der Waals surface area contributed by atoms with Crippen LogP contribution in [0.3, 0.4) is 0 Å². The van der Waals surface area contributed by atoms with E-state index in [4.69, 9.17) is 4.74 Å². The van der Waals surface area contributed by atoms with Crippen LogP contribution in [0.2, 0.25) is 0 Å². The quantitative estimate of drug-likeness (QED) is 0.622. The number of allylic oxidation sites excluding steroid dienone is 1. The Labute approximate surface area is 122 Å². The average molecular weight is 280 g/mol. The van der Waals surface area contributed by atoms with Crippen LogP contribution >= 0.6 is 0 Å². The third-order valence-corrected chi connectivity index (χ3v) is 5.26. The number of carbonyl (C=O) groups is 1. The summed E-state index contributed by atoms with van der Waals surface area (Å²) in [5.74, 6) is 0.507. The van der Waals surface area contributed by atoms with E-state index in [9.17, 15) is 9.90 Å². The number of rotatable bonds is 2. The van der Waals surface area contributed by atoms with Gasteiger partial charge in [0.1, 0.15) is 6.10 Å². The minimum Gasteiger partial charge on any atom is -0.462 e. The summed E-state index contributed by atoms with van der Waals surface area (Å²) in [7, 11) is 0. The van der Waals surface area contributed by atoms with Crippen molar-refractivity contribution in [3.8, 4) is 0 Å². The summed E-state index contributed by atoms with van der Waals surface area (Å²) in [6, 6.07) is 0. The maximum Gasteiger partial charge on any atom is 0.302 e. The monoisotopic (exact) mass is 280 g/mol. The van der Waals surface area contributed by atoms with Crippen LogP contribution in [0.25, 0.3) is 0 Å². The van der Waals surface area contributed by atoms with E-state index >= 15 is 0 Å². The second-order valence-electron chi connectivity index (χ2n) is 7.16. The van der Waals surface area contributed by atoms with Crippen molar-refractivity contribution in [1.29, 1.82) is 0 Å². The second kappa shape index (κ2) is 5.51. The van der Waals surface area contributed by atoms with Crippen LogP contribution in [0.1, 0.15) is 60.3 Å². The van der Waals surface area contributed by atoms with Crippen molar-refractivity contribution < 1.29 is 14.6 Å². The zero-order valence-corrected chi connectivity index (χ0v) is 13.4. The minimum absolute atomic E-state index is 0.0266. The van der Waals surface area contributed by atoms with Gasteiger partial charge in [-0.2, -0.15) is 0 Å². The molecule has 1 N–H and O–H groups in total. The molecule has 0 bridgehead atoms. The highest BCUT2D eigenvalue weighted by Gasteiger charge is 2.50. The van der Waals surface area contributed by atoms with Gasteiger partial charge in [0.2, 0.25) is 0 Å². The van der Waals surface area contributed by atoms with E-state index < -0.39 is 5.60 Å². The molecule has 0 amide bonds. The zero-order chi connectivity index (χ0) is 15.1. The minimum atomic E-state index is -0.756. The fourth-order valence-electron chi connectivity index (χ4n) is 4.12. The van der Waals surface area contributed by atoms with Crippen LogP contribution in [0.15, 0.2) is 11.1 Å². The van der Waals surface area contributed by atoms with Gasteiger partial charge < -0.3 is 9.84 Å². The van der Waals surface area contributed by atoms with Crippen LogP contribution in [-0.4, -0.2) is 22.8 Å². The van der Waals surface area contributed by atoms with Crippen molar-refractivity contribution in [2.24, 2.45) is 17.8 Å². The molecule has 4 atom stereocenters. The Morgan fingerprint density at radius 3 is 2.60 bits per heavy atom. The third-order valence-electron chi connectivity index (χ3n) is 5.26. The molecule has 0 aromatic rings. The fourth-order valence-corrected chi connectivity index (χ4v) is 4.12. The molecular formula is C17H28O3. The van der Waals surface area contributed by atoms with Gasteiger partial charge in [0.25, 0.3) is 0 Å². The number of fused-ring (bicyclic) bond motifs is 1. The first-order valence-electron chi connectivity index (χ1n) is 7.82. The molecule has 2 aliphatic rings. The number of hydrogen-bond acceptors (Lipinski definition) is 3. The lowest BCUT2D eigenvalue weighted by atomic mass is 9.76. The van der Waals surface area contributed by atoms with Crippen LogP contribution in [0, 0.1) is 17.8 Å². The molecule has 114 valence electrons. The predicted molar refractivity (Wildman–Crippen MR) is 79.2 cm³/mol. The molecule has 0 unspecified atom stereocenters. The van der Waals surface area contributed by atoms with Crippen molar-refractivity contribution in [2.45, 2.75) is 72.0 Å². The van der Waals surface area contributed by atoms with Gasteiger partial charge in [-0.1, -0.05) is 25.0 Å². The normalized spacial score (nSPS) is 37.9. The summed E-state index contributed by atoms with van der Waals surface area (Å²) in [5.41, 5.74) is 1.98. The van der Waals surface area contributed by atoms with E-state index in [0.29, 0.717) is 11.8 Å². The highest BCUT2D eigenvalue weighted by molar-refractivity contribution is 5.66. The van der Waals surface area contributed by atoms with Gasteiger partial charge in [-0.25, -0.2) is 0 Å². The molecule has 0 aromatic heterocycles. The van der Waals surface area contributed by atoms with Crippen LogP contribution in [0.5, 0.6) is 0 Å². The molecule has 20 heavy (non-hydrogen) atoms. The van der Waals surface area contributed by atoms with E-state index in [-0.39, 0.29) is 18.0 Å². The van der Waals surface area contributed by atoms with Gasteiger partial charge in [-0.3, -0.25) is 4.79 Å². The topological polar surface area (TPSA) is 46.5 Å². The highest BCUT2D eigenvalue weighted by atomic mass is 16.5. The van der Waals surface area contributed by atoms with Crippen molar-refractivity contribution in [2.75, 3.05) is 0 Å². The Hall–Kier alpha value is -0.830. The average Bonchev–Trinajstić information content (AvgIpc) is 2.54. The third kappa shape index (κ3) is 2.78. The number of esters is 1. The summed E-state index contributed by atoms with van der Waals surface area (Å²) in [4.78, 5) is 11.6. The lowest BCUT2D eigenvalue weighted by Gasteiger charge is -2.38. The van der Waals surface area contributed by atoms with Gasteiger partial charge in [-0.05, 0) is 51.4 Å². The Bertz CT molecular complexity index is 420. The van der Waals surface area contributed by atoms with Crippen molar-refractivity contribution >= 4 is 5.97 Å². The molecule has 0 radical (unpaired) electrons. The summed E-state index contributed by atoms with van der Waals surface area (Å²) >= 11 is 0. The lowest BCUT2D eigenvalue weighted by Crippen LogP contribution is -2.44.